The zero-order valence-electron chi connectivity index (χ0n) is 13.6. The number of alkyl halides is 3. The molecule has 0 unspecified atom stereocenters. The van der Waals surface area contributed by atoms with Crippen molar-refractivity contribution >= 4 is 34.3 Å². The molecule has 1 aromatic heterocycles. The van der Waals surface area contributed by atoms with Gasteiger partial charge in [-0.25, -0.2) is 9.97 Å². The highest BCUT2D eigenvalue weighted by Gasteiger charge is 2.30. The van der Waals surface area contributed by atoms with Gasteiger partial charge >= 0.3 is 6.18 Å². The number of rotatable bonds is 4. The van der Waals surface area contributed by atoms with Gasteiger partial charge in [0.15, 0.2) is 0 Å². The summed E-state index contributed by atoms with van der Waals surface area (Å²) in [6.45, 7) is 1.67. The second-order valence-electron chi connectivity index (χ2n) is 5.52. The number of aromatic nitrogens is 2. The largest absolute Gasteiger partial charge is 0.416 e. The minimum atomic E-state index is -4.46. The van der Waals surface area contributed by atoms with Crippen molar-refractivity contribution in [3.8, 4) is 0 Å². The lowest BCUT2D eigenvalue weighted by molar-refractivity contribution is -0.137. The van der Waals surface area contributed by atoms with Gasteiger partial charge in [-0.3, -0.25) is 4.79 Å². The van der Waals surface area contributed by atoms with E-state index in [4.69, 9.17) is 0 Å². The van der Waals surface area contributed by atoms with Crippen molar-refractivity contribution in [2.24, 2.45) is 0 Å². The molecule has 0 radical (unpaired) electrons. The second kappa shape index (κ2) is 7.33. The fourth-order valence-electron chi connectivity index (χ4n) is 2.31. The SMILES string of the molecule is C[C@@H](Sc1ncnc2ccccc12)C(=O)Nc1cccc(C(F)(F)F)c1. The van der Waals surface area contributed by atoms with Crippen LogP contribution in [0.5, 0.6) is 0 Å². The Morgan fingerprint density at radius 3 is 2.65 bits per heavy atom. The predicted molar refractivity (Wildman–Crippen MR) is 94.9 cm³/mol. The van der Waals surface area contributed by atoms with E-state index in [-0.39, 0.29) is 5.69 Å². The highest BCUT2D eigenvalue weighted by molar-refractivity contribution is 8.00. The van der Waals surface area contributed by atoms with Crippen LogP contribution in [0.3, 0.4) is 0 Å². The number of nitrogens with one attached hydrogen (secondary N) is 1. The maximum atomic E-state index is 12.8. The van der Waals surface area contributed by atoms with Gasteiger partial charge in [0.25, 0.3) is 0 Å². The third kappa shape index (κ3) is 4.13. The first-order valence-corrected chi connectivity index (χ1v) is 8.57. The number of anilines is 1. The molecule has 134 valence electrons. The van der Waals surface area contributed by atoms with Gasteiger partial charge in [0, 0.05) is 11.1 Å². The number of fused-ring (bicyclic) bond motifs is 1. The van der Waals surface area contributed by atoms with E-state index in [1.165, 1.54) is 30.2 Å². The molecule has 1 N–H and O–H groups in total. The molecule has 3 rings (SSSR count). The number of thioether (sulfide) groups is 1. The smallest absolute Gasteiger partial charge is 0.325 e. The standard InChI is InChI=1S/C18H14F3N3OS/c1-11(26-17-14-7-2-3-8-15(14)22-10-23-17)16(25)24-13-6-4-5-12(9-13)18(19,20)21/h2-11H,1H3,(H,24,25)/t11-/m1/s1. The fraction of sp³-hybridized carbons (Fsp3) is 0.167. The monoisotopic (exact) mass is 377 g/mol. The summed E-state index contributed by atoms with van der Waals surface area (Å²) < 4.78 is 38.3. The number of carbonyl (C=O) groups is 1. The number of carbonyl (C=O) groups excluding carboxylic acids is 1. The van der Waals surface area contributed by atoms with Gasteiger partial charge in [0.2, 0.25) is 5.91 Å². The maximum Gasteiger partial charge on any atom is 0.416 e. The average molecular weight is 377 g/mol. The number of para-hydroxylation sites is 1. The second-order valence-corrected chi connectivity index (χ2v) is 6.85. The van der Waals surface area contributed by atoms with Crippen LogP contribution in [0.4, 0.5) is 18.9 Å². The van der Waals surface area contributed by atoms with Crippen molar-refractivity contribution in [1.29, 1.82) is 0 Å². The Labute approximate surface area is 151 Å². The van der Waals surface area contributed by atoms with Crippen LogP contribution >= 0.6 is 11.8 Å². The molecule has 0 saturated carbocycles. The summed E-state index contributed by atoms with van der Waals surface area (Å²) in [7, 11) is 0. The summed E-state index contributed by atoms with van der Waals surface area (Å²) in [5.74, 6) is -0.406. The van der Waals surface area contributed by atoms with Crippen molar-refractivity contribution in [3.63, 3.8) is 0 Å². The van der Waals surface area contributed by atoms with Crippen LogP contribution in [0.1, 0.15) is 12.5 Å². The van der Waals surface area contributed by atoms with E-state index in [0.29, 0.717) is 5.03 Å². The third-order valence-electron chi connectivity index (χ3n) is 3.62. The minimum absolute atomic E-state index is 0.102. The van der Waals surface area contributed by atoms with Crippen molar-refractivity contribution in [3.05, 3.63) is 60.4 Å². The predicted octanol–water partition coefficient (Wildman–Crippen LogP) is 4.77. The van der Waals surface area contributed by atoms with Crippen LogP contribution in [-0.4, -0.2) is 21.1 Å². The first kappa shape index (κ1) is 18.2. The highest BCUT2D eigenvalue weighted by atomic mass is 32.2. The van der Waals surface area contributed by atoms with Gasteiger partial charge in [-0.1, -0.05) is 36.0 Å². The Morgan fingerprint density at radius 1 is 1.12 bits per heavy atom. The normalized spacial score (nSPS) is 12.8. The van der Waals surface area contributed by atoms with E-state index in [0.717, 1.165) is 23.0 Å². The number of amides is 1. The topological polar surface area (TPSA) is 54.9 Å². The van der Waals surface area contributed by atoms with Gasteiger partial charge in [-0.2, -0.15) is 13.2 Å². The van der Waals surface area contributed by atoms with Crippen LogP contribution in [0, 0.1) is 0 Å². The van der Waals surface area contributed by atoms with Crippen LogP contribution in [0.15, 0.2) is 59.9 Å². The van der Waals surface area contributed by atoms with Crippen molar-refractivity contribution in [1.82, 2.24) is 9.97 Å². The van der Waals surface area contributed by atoms with Crippen LogP contribution in [0.2, 0.25) is 0 Å². The van der Waals surface area contributed by atoms with Crippen molar-refractivity contribution in [2.75, 3.05) is 5.32 Å². The van der Waals surface area contributed by atoms with Crippen LogP contribution in [-0.2, 0) is 11.0 Å². The molecule has 4 nitrogen and oxygen atoms in total. The molecule has 3 aromatic rings. The van der Waals surface area contributed by atoms with Gasteiger partial charge in [-0.05, 0) is 31.2 Å². The Kier molecular flexibility index (Phi) is 5.13. The van der Waals surface area contributed by atoms with E-state index >= 15 is 0 Å². The fourth-order valence-corrected chi connectivity index (χ4v) is 3.22. The van der Waals surface area contributed by atoms with E-state index in [1.807, 2.05) is 24.3 Å². The minimum Gasteiger partial charge on any atom is -0.325 e. The van der Waals surface area contributed by atoms with E-state index in [1.54, 1.807) is 6.92 Å². The Morgan fingerprint density at radius 2 is 1.88 bits per heavy atom. The maximum absolute atomic E-state index is 12.8. The molecule has 0 aliphatic carbocycles. The summed E-state index contributed by atoms with van der Waals surface area (Å²) >= 11 is 1.22. The first-order valence-electron chi connectivity index (χ1n) is 7.69. The van der Waals surface area contributed by atoms with Gasteiger partial charge < -0.3 is 5.32 Å². The summed E-state index contributed by atoms with van der Waals surface area (Å²) in [5.41, 5.74) is 0.0534. The molecule has 0 fully saturated rings. The number of benzene rings is 2. The molecule has 0 aliphatic rings. The number of hydrogen-bond acceptors (Lipinski definition) is 4. The molecule has 0 saturated heterocycles. The summed E-state index contributed by atoms with van der Waals surface area (Å²) in [6, 6.07) is 12.0. The average Bonchev–Trinajstić information content (AvgIpc) is 2.61. The van der Waals surface area contributed by atoms with Gasteiger partial charge in [0.1, 0.15) is 11.4 Å². The highest BCUT2D eigenvalue weighted by Crippen LogP contribution is 2.31. The number of halogens is 3. The quantitative estimate of drug-likeness (QED) is 0.526. The molecule has 1 atom stereocenters. The van der Waals surface area contributed by atoms with E-state index in [9.17, 15) is 18.0 Å². The first-order chi connectivity index (χ1) is 12.3. The Hall–Kier alpha value is -2.61. The molecule has 0 spiro atoms. The van der Waals surface area contributed by atoms with Crippen LogP contribution in [0.25, 0.3) is 10.9 Å². The zero-order valence-corrected chi connectivity index (χ0v) is 14.4. The van der Waals surface area contributed by atoms with Crippen molar-refractivity contribution < 1.29 is 18.0 Å². The Bertz CT molecular complexity index is 941. The molecular formula is C18H14F3N3OS. The lowest BCUT2D eigenvalue weighted by Gasteiger charge is -2.14. The lowest BCUT2D eigenvalue weighted by atomic mass is 10.2. The van der Waals surface area contributed by atoms with Crippen LogP contribution < -0.4 is 5.32 Å². The summed E-state index contributed by atoms with van der Waals surface area (Å²) in [5, 5.41) is 3.43. The molecule has 1 amide bonds. The van der Waals surface area contributed by atoms with Crippen molar-refractivity contribution in [2.45, 2.75) is 23.4 Å². The molecule has 0 bridgehead atoms. The molecule has 1 heterocycles. The van der Waals surface area contributed by atoms with Gasteiger partial charge in [0.05, 0.1) is 16.3 Å². The lowest BCUT2D eigenvalue weighted by Crippen LogP contribution is -2.22. The van der Waals surface area contributed by atoms with Gasteiger partial charge in [-0.15, -0.1) is 0 Å². The Balaban J connectivity index is 1.74. The summed E-state index contributed by atoms with van der Waals surface area (Å²) in [6.07, 6.45) is -3.04. The zero-order chi connectivity index (χ0) is 18.7. The third-order valence-corrected chi connectivity index (χ3v) is 4.74. The number of nitrogens with zero attached hydrogens (tertiary/aromatic N) is 2. The number of hydrogen-bond donors (Lipinski definition) is 1. The molecule has 0 aliphatic heterocycles. The molecule has 8 heteroatoms. The molecular weight excluding hydrogens is 363 g/mol. The molecule has 26 heavy (non-hydrogen) atoms. The molecule has 2 aromatic carbocycles. The summed E-state index contributed by atoms with van der Waals surface area (Å²) in [4.78, 5) is 20.7. The van der Waals surface area contributed by atoms with E-state index < -0.39 is 22.9 Å². The van der Waals surface area contributed by atoms with E-state index in [2.05, 4.69) is 15.3 Å².